The summed E-state index contributed by atoms with van der Waals surface area (Å²) in [6.07, 6.45) is 3.22. The molecule has 0 saturated carbocycles. The van der Waals surface area contributed by atoms with Crippen LogP contribution in [0.3, 0.4) is 0 Å². The van der Waals surface area contributed by atoms with Gasteiger partial charge < -0.3 is 15.4 Å². The molecule has 2 aromatic rings. The van der Waals surface area contributed by atoms with Crippen LogP contribution >= 0.6 is 0 Å². The minimum absolute atomic E-state index is 0.287. The molecule has 1 aromatic carbocycles. The first-order valence-electron chi connectivity index (χ1n) is 6.95. The number of amides is 1. The minimum atomic E-state index is -0.298. The number of rotatable bonds is 7. The van der Waals surface area contributed by atoms with Crippen molar-refractivity contribution in [3.63, 3.8) is 0 Å². The van der Waals surface area contributed by atoms with Crippen LogP contribution in [0.2, 0.25) is 0 Å². The highest BCUT2D eigenvalue weighted by atomic mass is 16.5. The van der Waals surface area contributed by atoms with Gasteiger partial charge in [0.2, 0.25) is 5.95 Å². The van der Waals surface area contributed by atoms with Gasteiger partial charge in [0.25, 0.3) is 5.91 Å². The quantitative estimate of drug-likeness (QED) is 0.769. The van der Waals surface area contributed by atoms with Gasteiger partial charge in [-0.05, 0) is 37.3 Å². The third kappa shape index (κ3) is 4.31. The summed E-state index contributed by atoms with van der Waals surface area (Å²) < 4.78 is 5.35. The fourth-order valence-electron chi connectivity index (χ4n) is 1.73. The minimum Gasteiger partial charge on any atom is -0.494 e. The van der Waals surface area contributed by atoms with E-state index in [4.69, 9.17) is 4.74 Å². The normalized spacial score (nSPS) is 9.86. The second kappa shape index (κ2) is 7.78. The maximum atomic E-state index is 12.2. The number of ether oxygens (including phenoxy) is 1. The average molecular weight is 298 g/mol. The first-order chi connectivity index (χ1) is 10.7. The largest absolute Gasteiger partial charge is 0.494 e. The highest BCUT2D eigenvalue weighted by molar-refractivity contribution is 6.02. The topological polar surface area (TPSA) is 76.1 Å². The number of hydrogen-bond donors (Lipinski definition) is 2. The molecule has 1 aromatic heterocycles. The molecule has 22 heavy (non-hydrogen) atoms. The first kappa shape index (κ1) is 15.5. The highest BCUT2D eigenvalue weighted by Crippen LogP contribution is 2.16. The summed E-state index contributed by atoms with van der Waals surface area (Å²) in [5.41, 5.74) is 0.961. The molecule has 0 fully saturated rings. The van der Waals surface area contributed by atoms with Crippen LogP contribution in [0.4, 0.5) is 11.6 Å². The Labute approximate surface area is 129 Å². The second-order valence-corrected chi connectivity index (χ2v) is 4.35. The van der Waals surface area contributed by atoms with Crippen LogP contribution in [-0.2, 0) is 0 Å². The van der Waals surface area contributed by atoms with E-state index < -0.39 is 0 Å². The van der Waals surface area contributed by atoms with Gasteiger partial charge in [0.05, 0.1) is 6.61 Å². The number of nitrogens with zero attached hydrogens (tertiary/aromatic N) is 2. The van der Waals surface area contributed by atoms with Gasteiger partial charge in [-0.1, -0.05) is 6.08 Å². The molecular weight excluding hydrogens is 280 g/mol. The molecule has 0 bridgehead atoms. The molecule has 0 aliphatic carbocycles. The van der Waals surface area contributed by atoms with Gasteiger partial charge in [0.15, 0.2) is 0 Å². The SMILES string of the molecule is C=CCNc1nccc(C(=O)Nc2ccc(OCC)cc2)n1. The number of hydrogen-bond acceptors (Lipinski definition) is 5. The van der Waals surface area contributed by atoms with E-state index in [1.54, 1.807) is 36.4 Å². The highest BCUT2D eigenvalue weighted by Gasteiger charge is 2.09. The number of carbonyl (C=O) groups excluding carboxylic acids is 1. The molecule has 0 spiro atoms. The van der Waals surface area contributed by atoms with Crippen LogP contribution in [0.5, 0.6) is 5.75 Å². The molecule has 1 heterocycles. The van der Waals surface area contributed by atoms with E-state index >= 15 is 0 Å². The smallest absolute Gasteiger partial charge is 0.274 e. The molecule has 1 amide bonds. The molecule has 0 radical (unpaired) electrons. The van der Waals surface area contributed by atoms with Crippen LogP contribution in [0.15, 0.2) is 49.2 Å². The third-order valence-corrected chi connectivity index (χ3v) is 2.72. The maximum absolute atomic E-state index is 12.2. The Morgan fingerprint density at radius 1 is 1.32 bits per heavy atom. The maximum Gasteiger partial charge on any atom is 0.274 e. The summed E-state index contributed by atoms with van der Waals surface area (Å²) in [4.78, 5) is 20.3. The zero-order chi connectivity index (χ0) is 15.8. The van der Waals surface area contributed by atoms with E-state index in [1.165, 1.54) is 6.20 Å². The Morgan fingerprint density at radius 3 is 2.77 bits per heavy atom. The Hall–Kier alpha value is -2.89. The van der Waals surface area contributed by atoms with E-state index in [-0.39, 0.29) is 11.6 Å². The number of carbonyl (C=O) groups is 1. The van der Waals surface area contributed by atoms with Crippen molar-refractivity contribution in [2.24, 2.45) is 0 Å². The van der Waals surface area contributed by atoms with E-state index in [0.29, 0.717) is 24.8 Å². The van der Waals surface area contributed by atoms with Crippen molar-refractivity contribution in [2.45, 2.75) is 6.92 Å². The van der Waals surface area contributed by atoms with E-state index in [2.05, 4.69) is 27.2 Å². The van der Waals surface area contributed by atoms with Gasteiger partial charge >= 0.3 is 0 Å². The summed E-state index contributed by atoms with van der Waals surface area (Å²) in [7, 11) is 0. The van der Waals surface area contributed by atoms with Crippen molar-refractivity contribution >= 4 is 17.5 Å². The lowest BCUT2D eigenvalue weighted by atomic mass is 10.3. The zero-order valence-corrected chi connectivity index (χ0v) is 12.4. The molecule has 2 rings (SSSR count). The molecule has 0 unspecified atom stereocenters. The van der Waals surface area contributed by atoms with Crippen LogP contribution < -0.4 is 15.4 Å². The first-order valence-corrected chi connectivity index (χ1v) is 6.95. The molecule has 0 saturated heterocycles. The van der Waals surface area contributed by atoms with Gasteiger partial charge in [-0.2, -0.15) is 0 Å². The summed E-state index contributed by atoms with van der Waals surface area (Å²) in [6.45, 7) is 6.66. The van der Waals surface area contributed by atoms with Gasteiger partial charge in [-0.25, -0.2) is 9.97 Å². The van der Waals surface area contributed by atoms with Crippen LogP contribution in [0.1, 0.15) is 17.4 Å². The fraction of sp³-hybridized carbons (Fsp3) is 0.188. The molecule has 0 atom stereocenters. The summed E-state index contributed by atoms with van der Waals surface area (Å²) in [5.74, 6) is 0.853. The van der Waals surface area contributed by atoms with E-state index in [0.717, 1.165) is 5.75 Å². The van der Waals surface area contributed by atoms with Crippen molar-refractivity contribution in [2.75, 3.05) is 23.8 Å². The van der Waals surface area contributed by atoms with Gasteiger partial charge in [-0.3, -0.25) is 4.79 Å². The van der Waals surface area contributed by atoms with Gasteiger partial charge in [0.1, 0.15) is 11.4 Å². The Bertz CT molecular complexity index is 641. The standard InChI is InChI=1S/C16H18N4O2/c1-3-10-17-16-18-11-9-14(20-16)15(21)19-12-5-7-13(8-6-12)22-4-2/h3,5-9,11H,1,4,10H2,2H3,(H,19,21)(H,17,18,20). The Balaban J connectivity index is 2.03. The lowest BCUT2D eigenvalue weighted by Crippen LogP contribution is -2.15. The molecule has 0 aliphatic rings. The molecular formula is C16H18N4O2. The summed E-state index contributed by atoms with van der Waals surface area (Å²) in [5, 5.41) is 5.72. The fourth-order valence-corrected chi connectivity index (χ4v) is 1.73. The summed E-state index contributed by atoms with van der Waals surface area (Å²) >= 11 is 0. The number of anilines is 2. The zero-order valence-electron chi connectivity index (χ0n) is 12.4. The number of benzene rings is 1. The number of nitrogens with one attached hydrogen (secondary N) is 2. The summed E-state index contributed by atoms with van der Waals surface area (Å²) in [6, 6.07) is 8.72. The van der Waals surface area contributed by atoms with E-state index in [1.807, 2.05) is 6.92 Å². The second-order valence-electron chi connectivity index (χ2n) is 4.35. The monoisotopic (exact) mass is 298 g/mol. The predicted octanol–water partition coefficient (Wildman–Crippen LogP) is 2.73. The van der Waals surface area contributed by atoms with E-state index in [9.17, 15) is 4.79 Å². The lowest BCUT2D eigenvalue weighted by molar-refractivity contribution is 0.102. The Kier molecular flexibility index (Phi) is 5.48. The van der Waals surface area contributed by atoms with Crippen LogP contribution in [0, 0.1) is 0 Å². The van der Waals surface area contributed by atoms with Crippen molar-refractivity contribution < 1.29 is 9.53 Å². The lowest BCUT2D eigenvalue weighted by Gasteiger charge is -2.07. The van der Waals surface area contributed by atoms with Crippen LogP contribution in [0.25, 0.3) is 0 Å². The van der Waals surface area contributed by atoms with Gasteiger partial charge in [0, 0.05) is 18.4 Å². The molecule has 6 heteroatoms. The van der Waals surface area contributed by atoms with Gasteiger partial charge in [-0.15, -0.1) is 6.58 Å². The molecule has 0 aliphatic heterocycles. The van der Waals surface area contributed by atoms with Crippen LogP contribution in [-0.4, -0.2) is 29.0 Å². The van der Waals surface area contributed by atoms with Crippen molar-refractivity contribution in [1.29, 1.82) is 0 Å². The van der Waals surface area contributed by atoms with Crippen molar-refractivity contribution in [3.05, 3.63) is 54.9 Å². The number of aromatic nitrogens is 2. The predicted molar refractivity (Wildman–Crippen MR) is 86.3 cm³/mol. The molecule has 2 N–H and O–H groups in total. The van der Waals surface area contributed by atoms with Crippen molar-refractivity contribution in [3.8, 4) is 5.75 Å². The third-order valence-electron chi connectivity index (χ3n) is 2.72. The van der Waals surface area contributed by atoms with Crippen molar-refractivity contribution in [1.82, 2.24) is 9.97 Å². The Morgan fingerprint density at radius 2 is 2.09 bits per heavy atom. The molecule has 6 nitrogen and oxygen atoms in total. The average Bonchev–Trinajstić information content (AvgIpc) is 2.55. The molecule has 114 valence electrons.